The van der Waals surface area contributed by atoms with Gasteiger partial charge in [-0.15, -0.1) is 22.7 Å². The number of hydrogen-bond acceptors (Lipinski definition) is 6. The van der Waals surface area contributed by atoms with Gasteiger partial charge in [0.1, 0.15) is 0 Å². The second kappa shape index (κ2) is 11.4. The number of nitrogens with zero attached hydrogens (tertiary/aromatic N) is 2. The fourth-order valence-corrected chi connectivity index (χ4v) is 5.47. The van der Waals surface area contributed by atoms with Gasteiger partial charge in [-0.3, -0.25) is 20.2 Å². The molecule has 38 heavy (non-hydrogen) atoms. The van der Waals surface area contributed by atoms with Crippen molar-refractivity contribution in [3.05, 3.63) is 103 Å². The zero-order valence-corrected chi connectivity index (χ0v) is 23.6. The number of amides is 2. The van der Waals surface area contributed by atoms with Gasteiger partial charge in [-0.25, -0.2) is 9.97 Å². The third-order valence-electron chi connectivity index (χ3n) is 5.30. The standard InChI is InChI=1S/C26H14Cl4N4O2S2/c27-17-7-5-13(9-19(17)29)21-11-37-25(31-21)33-23(35)15-3-1-2-4-16(15)24(36)34-26-32-22(12-38-26)14-6-8-18(28)20(30)10-14/h1-12H,(H,31,33,35)(H,32,34,36). The van der Waals surface area contributed by atoms with Crippen LogP contribution < -0.4 is 10.6 Å². The van der Waals surface area contributed by atoms with Crippen molar-refractivity contribution >= 4 is 91.2 Å². The molecule has 12 heteroatoms. The van der Waals surface area contributed by atoms with E-state index < -0.39 is 11.8 Å². The van der Waals surface area contributed by atoms with Crippen LogP contribution in [-0.2, 0) is 0 Å². The number of carbonyl (C=O) groups excluding carboxylic acids is 2. The number of carbonyl (C=O) groups is 2. The molecule has 2 N–H and O–H groups in total. The lowest BCUT2D eigenvalue weighted by Crippen LogP contribution is -2.20. The molecular weight excluding hydrogens is 606 g/mol. The molecule has 0 aliphatic rings. The molecule has 0 saturated carbocycles. The van der Waals surface area contributed by atoms with Crippen LogP contribution in [0.1, 0.15) is 20.7 Å². The minimum absolute atomic E-state index is 0.192. The summed E-state index contributed by atoms with van der Waals surface area (Å²) in [7, 11) is 0. The molecule has 2 aromatic heterocycles. The maximum atomic E-state index is 13.1. The van der Waals surface area contributed by atoms with Crippen LogP contribution in [0.15, 0.2) is 71.4 Å². The highest BCUT2D eigenvalue weighted by Crippen LogP contribution is 2.32. The Kier molecular flexibility index (Phi) is 7.99. The van der Waals surface area contributed by atoms with Gasteiger partial charge >= 0.3 is 0 Å². The molecule has 0 radical (unpaired) electrons. The van der Waals surface area contributed by atoms with E-state index in [9.17, 15) is 9.59 Å². The van der Waals surface area contributed by atoms with Gasteiger partial charge in [0.15, 0.2) is 10.3 Å². The van der Waals surface area contributed by atoms with Crippen LogP contribution in [0.4, 0.5) is 10.3 Å². The number of benzene rings is 3. The zero-order valence-electron chi connectivity index (χ0n) is 19.0. The molecule has 0 fully saturated rings. The lowest BCUT2D eigenvalue weighted by Gasteiger charge is -2.08. The highest BCUT2D eigenvalue weighted by Gasteiger charge is 2.19. The predicted octanol–water partition coefficient (Wildman–Crippen LogP) is 9.05. The molecule has 190 valence electrons. The van der Waals surface area contributed by atoms with E-state index in [0.717, 1.165) is 11.1 Å². The van der Waals surface area contributed by atoms with Gasteiger partial charge in [0.2, 0.25) is 0 Å². The summed E-state index contributed by atoms with van der Waals surface area (Å²) in [6.07, 6.45) is 0. The molecular formula is C26H14Cl4N4O2S2. The molecule has 0 unspecified atom stereocenters. The summed E-state index contributed by atoms with van der Waals surface area (Å²) in [6.45, 7) is 0. The predicted molar refractivity (Wildman–Crippen MR) is 157 cm³/mol. The quantitative estimate of drug-likeness (QED) is 0.198. The van der Waals surface area contributed by atoms with Crippen molar-refractivity contribution in [2.75, 3.05) is 10.6 Å². The summed E-state index contributed by atoms with van der Waals surface area (Å²) >= 11 is 26.7. The number of aromatic nitrogens is 2. The number of anilines is 2. The van der Waals surface area contributed by atoms with Crippen LogP contribution in [0, 0.1) is 0 Å². The van der Waals surface area contributed by atoms with Crippen molar-refractivity contribution in [2.45, 2.75) is 0 Å². The van der Waals surface area contributed by atoms with Crippen LogP contribution in [0.5, 0.6) is 0 Å². The second-order valence-corrected chi connectivity index (χ2v) is 11.1. The maximum Gasteiger partial charge on any atom is 0.258 e. The van der Waals surface area contributed by atoms with E-state index in [1.165, 1.54) is 22.7 Å². The van der Waals surface area contributed by atoms with Crippen molar-refractivity contribution in [1.29, 1.82) is 0 Å². The molecule has 2 amide bonds. The van der Waals surface area contributed by atoms with Gasteiger partial charge in [-0.2, -0.15) is 0 Å². The average molecular weight is 620 g/mol. The van der Waals surface area contributed by atoms with Crippen LogP contribution in [0.25, 0.3) is 22.5 Å². The maximum absolute atomic E-state index is 13.1. The minimum Gasteiger partial charge on any atom is -0.298 e. The SMILES string of the molecule is O=C(Nc1nc(-c2ccc(Cl)c(Cl)c2)cs1)c1ccccc1C(=O)Nc1nc(-c2ccc(Cl)c(Cl)c2)cs1. The van der Waals surface area contributed by atoms with E-state index in [1.807, 2.05) is 0 Å². The Balaban J connectivity index is 1.31. The first-order valence-electron chi connectivity index (χ1n) is 10.8. The van der Waals surface area contributed by atoms with Gasteiger partial charge < -0.3 is 0 Å². The fraction of sp³-hybridized carbons (Fsp3) is 0. The number of hydrogen-bond donors (Lipinski definition) is 2. The first-order chi connectivity index (χ1) is 18.3. The normalized spacial score (nSPS) is 10.8. The lowest BCUT2D eigenvalue weighted by molar-refractivity contribution is 0.0990. The number of thiazole rings is 2. The third-order valence-corrected chi connectivity index (χ3v) is 8.29. The molecule has 5 aromatic rings. The van der Waals surface area contributed by atoms with Gasteiger partial charge in [-0.1, -0.05) is 70.7 Å². The second-order valence-electron chi connectivity index (χ2n) is 7.79. The summed E-state index contributed by atoms with van der Waals surface area (Å²) in [5.41, 5.74) is 3.18. The van der Waals surface area contributed by atoms with Crippen molar-refractivity contribution < 1.29 is 9.59 Å². The van der Waals surface area contributed by atoms with Crippen LogP contribution in [-0.4, -0.2) is 21.8 Å². The summed E-state index contributed by atoms with van der Waals surface area (Å²) in [4.78, 5) is 35.1. The van der Waals surface area contributed by atoms with E-state index in [2.05, 4.69) is 20.6 Å². The monoisotopic (exact) mass is 618 g/mol. The fourth-order valence-electron chi connectivity index (χ4n) is 3.45. The molecule has 2 heterocycles. The number of nitrogens with one attached hydrogen (secondary N) is 2. The Labute approximate surface area is 245 Å². The Hall–Kier alpha value is -2.98. The molecule has 0 aliphatic carbocycles. The average Bonchev–Trinajstić information content (AvgIpc) is 3.57. The van der Waals surface area contributed by atoms with E-state index in [0.29, 0.717) is 41.7 Å². The Morgan fingerprint density at radius 1 is 0.605 bits per heavy atom. The van der Waals surface area contributed by atoms with Crippen molar-refractivity contribution in [2.24, 2.45) is 0 Å². The van der Waals surface area contributed by atoms with Gasteiger partial charge in [0.05, 0.1) is 42.6 Å². The first-order valence-corrected chi connectivity index (χ1v) is 14.1. The summed E-state index contributed by atoms with van der Waals surface area (Å²) < 4.78 is 0. The largest absolute Gasteiger partial charge is 0.298 e. The van der Waals surface area contributed by atoms with Crippen molar-refractivity contribution in [1.82, 2.24) is 9.97 Å². The highest BCUT2D eigenvalue weighted by atomic mass is 35.5. The van der Waals surface area contributed by atoms with Crippen molar-refractivity contribution in [3.63, 3.8) is 0 Å². The smallest absolute Gasteiger partial charge is 0.258 e. The van der Waals surface area contributed by atoms with Crippen LogP contribution >= 0.6 is 69.1 Å². The van der Waals surface area contributed by atoms with E-state index >= 15 is 0 Å². The number of halogens is 4. The third kappa shape index (κ3) is 5.86. The molecule has 0 bridgehead atoms. The van der Waals surface area contributed by atoms with Crippen LogP contribution in [0.3, 0.4) is 0 Å². The van der Waals surface area contributed by atoms with E-state index in [4.69, 9.17) is 46.4 Å². The van der Waals surface area contributed by atoms with Crippen molar-refractivity contribution in [3.8, 4) is 22.5 Å². The molecule has 5 rings (SSSR count). The van der Waals surface area contributed by atoms with Crippen LogP contribution in [0.2, 0.25) is 20.1 Å². The topological polar surface area (TPSA) is 84.0 Å². The molecule has 3 aromatic carbocycles. The van der Waals surface area contributed by atoms with Gasteiger partial charge in [0.25, 0.3) is 11.8 Å². The summed E-state index contributed by atoms with van der Waals surface area (Å²) in [5.74, 6) is -0.942. The lowest BCUT2D eigenvalue weighted by atomic mass is 10.1. The molecule has 0 saturated heterocycles. The Morgan fingerprint density at radius 2 is 1.03 bits per heavy atom. The minimum atomic E-state index is -0.471. The van der Waals surface area contributed by atoms with Gasteiger partial charge in [-0.05, 0) is 36.4 Å². The Morgan fingerprint density at radius 3 is 1.42 bits per heavy atom. The van der Waals surface area contributed by atoms with E-state index in [-0.39, 0.29) is 11.1 Å². The zero-order chi connectivity index (χ0) is 26.8. The Bertz CT molecular complexity index is 1560. The summed E-state index contributed by atoms with van der Waals surface area (Å²) in [5, 5.41) is 11.6. The number of rotatable bonds is 6. The summed E-state index contributed by atoms with van der Waals surface area (Å²) in [6, 6.07) is 16.9. The van der Waals surface area contributed by atoms with Gasteiger partial charge in [0, 0.05) is 21.9 Å². The van der Waals surface area contributed by atoms with E-state index in [1.54, 1.807) is 71.4 Å². The molecule has 6 nitrogen and oxygen atoms in total. The molecule has 0 atom stereocenters. The first kappa shape index (κ1) is 26.6. The molecule has 0 aliphatic heterocycles. The molecule has 0 spiro atoms. The highest BCUT2D eigenvalue weighted by molar-refractivity contribution is 7.14.